The van der Waals surface area contributed by atoms with Crippen LogP contribution in [0.15, 0.2) is 0 Å². The fourth-order valence-corrected chi connectivity index (χ4v) is 2.77. The van der Waals surface area contributed by atoms with E-state index >= 15 is 0 Å². The smallest absolute Gasteiger partial charge is 0.0254 e. The van der Waals surface area contributed by atoms with Gasteiger partial charge in [-0.15, -0.1) is 0 Å². The molecule has 0 aromatic heterocycles. The van der Waals surface area contributed by atoms with Crippen LogP contribution in [0, 0.1) is 5.92 Å². The third-order valence-electron chi connectivity index (χ3n) is 4.17. The third kappa shape index (κ3) is 2.96. The summed E-state index contributed by atoms with van der Waals surface area (Å²) in [7, 11) is 4.41. The molecule has 2 rings (SSSR count). The van der Waals surface area contributed by atoms with Crippen LogP contribution in [0.2, 0.25) is 0 Å². The molecular weight excluding hydrogens is 198 g/mol. The first kappa shape index (κ1) is 12.3. The predicted molar refractivity (Wildman–Crippen MR) is 68.7 cm³/mol. The van der Waals surface area contributed by atoms with Gasteiger partial charge in [0.2, 0.25) is 0 Å². The van der Waals surface area contributed by atoms with Gasteiger partial charge in [-0.05, 0) is 39.8 Å². The van der Waals surface area contributed by atoms with Crippen molar-refractivity contribution in [2.45, 2.75) is 44.8 Å². The van der Waals surface area contributed by atoms with Gasteiger partial charge in [-0.3, -0.25) is 4.90 Å². The van der Waals surface area contributed by atoms with E-state index in [2.05, 4.69) is 43.1 Å². The Kier molecular flexibility index (Phi) is 3.88. The highest BCUT2D eigenvalue weighted by Crippen LogP contribution is 2.23. The molecule has 16 heavy (non-hydrogen) atoms. The Morgan fingerprint density at radius 1 is 1.31 bits per heavy atom. The standard InChI is InChI=1S/C13H27N3/c1-10-8-16(9-13(10)15(3)4)11(2)7-14-12-5-6-12/h10-14H,5-9H2,1-4H3. The zero-order valence-electron chi connectivity index (χ0n) is 11.2. The van der Waals surface area contributed by atoms with Gasteiger partial charge in [0.05, 0.1) is 0 Å². The molecule has 1 N–H and O–H groups in total. The highest BCUT2D eigenvalue weighted by molar-refractivity contribution is 4.90. The molecule has 94 valence electrons. The van der Waals surface area contributed by atoms with Crippen LogP contribution in [-0.4, -0.2) is 61.7 Å². The number of hydrogen-bond acceptors (Lipinski definition) is 3. The second-order valence-corrected chi connectivity index (χ2v) is 5.99. The molecular formula is C13H27N3. The zero-order valence-corrected chi connectivity index (χ0v) is 11.2. The summed E-state index contributed by atoms with van der Waals surface area (Å²) >= 11 is 0. The van der Waals surface area contributed by atoms with Crippen LogP contribution in [0.5, 0.6) is 0 Å². The maximum absolute atomic E-state index is 3.64. The summed E-state index contributed by atoms with van der Waals surface area (Å²) in [6.45, 7) is 8.40. The molecule has 0 amide bonds. The van der Waals surface area contributed by atoms with E-state index in [4.69, 9.17) is 0 Å². The molecule has 0 spiro atoms. The third-order valence-corrected chi connectivity index (χ3v) is 4.17. The van der Waals surface area contributed by atoms with E-state index in [0.717, 1.165) is 24.5 Å². The number of nitrogens with zero attached hydrogens (tertiary/aromatic N) is 2. The van der Waals surface area contributed by atoms with Crippen LogP contribution >= 0.6 is 0 Å². The molecule has 1 saturated carbocycles. The van der Waals surface area contributed by atoms with Crippen LogP contribution in [0.25, 0.3) is 0 Å². The summed E-state index contributed by atoms with van der Waals surface area (Å²) in [4.78, 5) is 5.02. The second-order valence-electron chi connectivity index (χ2n) is 5.99. The average Bonchev–Trinajstić information content (AvgIpc) is 2.96. The fourth-order valence-electron chi connectivity index (χ4n) is 2.77. The molecule has 1 heterocycles. The highest BCUT2D eigenvalue weighted by Gasteiger charge is 2.33. The summed E-state index contributed by atoms with van der Waals surface area (Å²) in [5, 5.41) is 3.64. The Balaban J connectivity index is 1.76. The molecule has 1 saturated heterocycles. The molecule has 2 fully saturated rings. The maximum Gasteiger partial charge on any atom is 0.0254 e. The lowest BCUT2D eigenvalue weighted by Crippen LogP contribution is -2.41. The van der Waals surface area contributed by atoms with Gasteiger partial charge in [-0.2, -0.15) is 0 Å². The summed E-state index contributed by atoms with van der Waals surface area (Å²) in [5.74, 6) is 0.804. The summed E-state index contributed by atoms with van der Waals surface area (Å²) in [5.41, 5.74) is 0. The lowest BCUT2D eigenvalue weighted by Gasteiger charge is -2.26. The Morgan fingerprint density at radius 3 is 2.50 bits per heavy atom. The molecule has 0 radical (unpaired) electrons. The SMILES string of the molecule is CC1CN(C(C)CNC2CC2)CC1N(C)C. The summed E-state index contributed by atoms with van der Waals surface area (Å²) in [6.07, 6.45) is 2.78. The van der Waals surface area contributed by atoms with Crippen molar-refractivity contribution >= 4 is 0 Å². The lowest BCUT2D eigenvalue weighted by molar-refractivity contribution is 0.221. The zero-order chi connectivity index (χ0) is 11.7. The lowest BCUT2D eigenvalue weighted by atomic mass is 10.1. The number of hydrogen-bond donors (Lipinski definition) is 1. The summed E-state index contributed by atoms with van der Waals surface area (Å²) in [6, 6.07) is 2.27. The first-order valence-electron chi connectivity index (χ1n) is 6.71. The van der Waals surface area contributed by atoms with Crippen molar-refractivity contribution in [2.24, 2.45) is 5.92 Å². The van der Waals surface area contributed by atoms with Crippen molar-refractivity contribution in [3.8, 4) is 0 Å². The van der Waals surface area contributed by atoms with Gasteiger partial charge in [0.15, 0.2) is 0 Å². The van der Waals surface area contributed by atoms with E-state index in [1.54, 1.807) is 0 Å². The van der Waals surface area contributed by atoms with Crippen molar-refractivity contribution in [1.29, 1.82) is 0 Å². The van der Waals surface area contributed by atoms with Crippen LogP contribution in [-0.2, 0) is 0 Å². The topological polar surface area (TPSA) is 18.5 Å². The number of likely N-dealkylation sites (tertiary alicyclic amines) is 1. The quantitative estimate of drug-likeness (QED) is 0.753. The van der Waals surface area contributed by atoms with Gasteiger partial charge in [0, 0.05) is 37.8 Å². The van der Waals surface area contributed by atoms with Gasteiger partial charge < -0.3 is 10.2 Å². The first-order valence-corrected chi connectivity index (χ1v) is 6.71. The van der Waals surface area contributed by atoms with E-state index in [-0.39, 0.29) is 0 Å². The van der Waals surface area contributed by atoms with Gasteiger partial charge >= 0.3 is 0 Å². The minimum atomic E-state index is 0.688. The summed E-state index contributed by atoms with van der Waals surface area (Å²) < 4.78 is 0. The molecule has 2 aliphatic rings. The van der Waals surface area contributed by atoms with E-state index in [0.29, 0.717) is 6.04 Å². The van der Waals surface area contributed by atoms with Crippen molar-refractivity contribution < 1.29 is 0 Å². The van der Waals surface area contributed by atoms with Gasteiger partial charge in [0.25, 0.3) is 0 Å². The van der Waals surface area contributed by atoms with Crippen LogP contribution < -0.4 is 5.32 Å². The molecule has 0 bridgehead atoms. The van der Waals surface area contributed by atoms with E-state index in [1.165, 1.54) is 25.9 Å². The van der Waals surface area contributed by atoms with E-state index in [9.17, 15) is 0 Å². The molecule has 3 unspecified atom stereocenters. The van der Waals surface area contributed by atoms with Crippen molar-refractivity contribution in [1.82, 2.24) is 15.1 Å². The van der Waals surface area contributed by atoms with E-state index < -0.39 is 0 Å². The highest BCUT2D eigenvalue weighted by atomic mass is 15.3. The minimum Gasteiger partial charge on any atom is -0.312 e. The minimum absolute atomic E-state index is 0.688. The Labute approximate surface area is 100 Å². The predicted octanol–water partition coefficient (Wildman–Crippen LogP) is 1.01. The molecule has 0 aromatic carbocycles. The van der Waals surface area contributed by atoms with Gasteiger partial charge in [-0.25, -0.2) is 0 Å². The van der Waals surface area contributed by atoms with Gasteiger partial charge in [-0.1, -0.05) is 6.92 Å². The largest absolute Gasteiger partial charge is 0.312 e. The number of nitrogens with one attached hydrogen (secondary N) is 1. The molecule has 3 heteroatoms. The monoisotopic (exact) mass is 225 g/mol. The Morgan fingerprint density at radius 2 is 2.00 bits per heavy atom. The Bertz CT molecular complexity index is 225. The maximum atomic E-state index is 3.64. The normalized spacial score (nSPS) is 33.6. The van der Waals surface area contributed by atoms with Crippen LogP contribution in [0.1, 0.15) is 26.7 Å². The van der Waals surface area contributed by atoms with Crippen LogP contribution in [0.4, 0.5) is 0 Å². The molecule has 1 aliphatic carbocycles. The van der Waals surface area contributed by atoms with E-state index in [1.807, 2.05) is 0 Å². The van der Waals surface area contributed by atoms with Crippen LogP contribution in [0.3, 0.4) is 0 Å². The first-order chi connectivity index (χ1) is 7.58. The molecule has 0 aromatic rings. The van der Waals surface area contributed by atoms with Crippen molar-refractivity contribution in [3.05, 3.63) is 0 Å². The van der Waals surface area contributed by atoms with Crippen molar-refractivity contribution in [3.63, 3.8) is 0 Å². The van der Waals surface area contributed by atoms with Gasteiger partial charge in [0.1, 0.15) is 0 Å². The second kappa shape index (κ2) is 5.03. The Hall–Kier alpha value is -0.120. The van der Waals surface area contributed by atoms with Crippen molar-refractivity contribution in [2.75, 3.05) is 33.7 Å². The molecule has 3 atom stereocenters. The molecule has 1 aliphatic heterocycles. The average molecular weight is 225 g/mol. The number of likely N-dealkylation sites (N-methyl/N-ethyl adjacent to an activating group) is 1. The fraction of sp³-hybridized carbons (Fsp3) is 1.00. The number of rotatable bonds is 5. The molecule has 3 nitrogen and oxygen atoms in total.